The van der Waals surface area contributed by atoms with Crippen molar-refractivity contribution < 1.29 is 23.4 Å². The number of anilines is 1. The van der Waals surface area contributed by atoms with Gasteiger partial charge in [-0.25, -0.2) is 8.78 Å². The second kappa shape index (κ2) is 12.1. The lowest BCUT2D eigenvalue weighted by molar-refractivity contribution is 0.0817. The molecule has 5 aliphatic heterocycles. The Hall–Kier alpha value is -3.19. The van der Waals surface area contributed by atoms with Gasteiger partial charge in [0.2, 0.25) is 0 Å². The number of hydrogen-bond acceptors (Lipinski definition) is 9. The Bertz CT molecular complexity index is 1770. The Morgan fingerprint density at radius 1 is 1.15 bits per heavy atom. The molecular formula is C33H38ClF2N7O3. The quantitative estimate of drug-likeness (QED) is 0.306. The summed E-state index contributed by atoms with van der Waals surface area (Å²) in [6.45, 7) is 3.54. The summed E-state index contributed by atoms with van der Waals surface area (Å²) in [6.07, 6.45) is 7.50. The Labute approximate surface area is 270 Å². The van der Waals surface area contributed by atoms with Crippen LogP contribution in [0.3, 0.4) is 0 Å². The molecule has 0 saturated carbocycles. The van der Waals surface area contributed by atoms with Crippen molar-refractivity contribution in [1.82, 2.24) is 30.0 Å². The highest BCUT2D eigenvalue weighted by atomic mass is 35.5. The average molecular weight is 654 g/mol. The van der Waals surface area contributed by atoms with Crippen molar-refractivity contribution in [1.29, 1.82) is 0 Å². The Morgan fingerprint density at radius 3 is 2.98 bits per heavy atom. The predicted octanol–water partition coefficient (Wildman–Crippen LogP) is 5.25. The van der Waals surface area contributed by atoms with Gasteiger partial charge in [-0.05, 0) is 56.7 Å². The molecule has 10 nitrogen and oxygen atoms in total. The van der Waals surface area contributed by atoms with Crippen molar-refractivity contribution in [3.63, 3.8) is 0 Å². The zero-order valence-electron chi connectivity index (χ0n) is 25.7. The zero-order valence-corrected chi connectivity index (χ0v) is 26.4. The number of aliphatic hydroxyl groups excluding tert-OH is 1. The van der Waals surface area contributed by atoms with Crippen molar-refractivity contribution in [3.8, 4) is 17.3 Å². The van der Waals surface area contributed by atoms with Crippen LogP contribution in [0.25, 0.3) is 33.1 Å². The van der Waals surface area contributed by atoms with Gasteiger partial charge in [-0.2, -0.15) is 15.1 Å². The number of halogens is 3. The summed E-state index contributed by atoms with van der Waals surface area (Å²) in [5.74, 6) is -0.0368. The first-order chi connectivity index (χ1) is 22.4. The van der Waals surface area contributed by atoms with E-state index in [0.29, 0.717) is 91.2 Å². The molecule has 0 radical (unpaired) electrons. The number of nitrogens with zero attached hydrogens (tertiary/aromatic N) is 6. The van der Waals surface area contributed by atoms with Gasteiger partial charge in [0.05, 0.1) is 42.0 Å². The van der Waals surface area contributed by atoms with Crippen molar-refractivity contribution in [3.05, 3.63) is 34.9 Å². The predicted molar refractivity (Wildman–Crippen MR) is 171 cm³/mol. The van der Waals surface area contributed by atoms with Gasteiger partial charge in [0.15, 0.2) is 5.82 Å². The van der Waals surface area contributed by atoms with E-state index in [1.807, 2.05) is 6.07 Å². The third-order valence-corrected chi connectivity index (χ3v) is 10.7. The average Bonchev–Trinajstić information content (AvgIpc) is 3.68. The number of ether oxygens (including phenoxy) is 2. The van der Waals surface area contributed by atoms with E-state index in [-0.39, 0.29) is 29.7 Å². The van der Waals surface area contributed by atoms with Crippen LogP contribution in [0, 0.1) is 11.7 Å². The number of aromatic nitrogens is 5. The van der Waals surface area contributed by atoms with Gasteiger partial charge in [0.1, 0.15) is 29.8 Å². The van der Waals surface area contributed by atoms with E-state index in [1.165, 1.54) is 0 Å². The van der Waals surface area contributed by atoms with E-state index in [1.54, 1.807) is 12.4 Å². The van der Waals surface area contributed by atoms with Crippen LogP contribution in [-0.2, 0) is 11.2 Å². The first-order valence-corrected chi connectivity index (χ1v) is 16.8. The van der Waals surface area contributed by atoms with Crippen LogP contribution in [0.4, 0.5) is 14.6 Å². The molecule has 244 valence electrons. The fourth-order valence-corrected chi connectivity index (χ4v) is 8.46. The van der Waals surface area contributed by atoms with Gasteiger partial charge < -0.3 is 19.5 Å². The lowest BCUT2D eigenvalue weighted by atomic mass is 9.93. The van der Waals surface area contributed by atoms with Crippen LogP contribution >= 0.6 is 11.6 Å². The Morgan fingerprint density at radius 2 is 2.07 bits per heavy atom. The molecule has 0 spiro atoms. The molecule has 4 atom stereocenters. The molecule has 6 bridgehead atoms. The van der Waals surface area contributed by atoms with Crippen LogP contribution in [0.5, 0.6) is 6.01 Å². The lowest BCUT2D eigenvalue weighted by Crippen LogP contribution is -2.43. The third kappa shape index (κ3) is 5.36. The lowest BCUT2D eigenvalue weighted by Gasteiger charge is -2.31. The number of hydrogen-bond donors (Lipinski definition) is 2. The number of rotatable bonds is 3. The molecule has 3 aromatic heterocycles. The number of aromatic amines is 1. The van der Waals surface area contributed by atoms with Crippen LogP contribution in [0.1, 0.15) is 50.5 Å². The Kier molecular flexibility index (Phi) is 7.94. The highest BCUT2D eigenvalue weighted by Crippen LogP contribution is 2.42. The maximum atomic E-state index is 17.0. The summed E-state index contributed by atoms with van der Waals surface area (Å²) in [5.41, 5.74) is 1.86. The van der Waals surface area contributed by atoms with Crippen molar-refractivity contribution in [2.24, 2.45) is 5.92 Å². The van der Waals surface area contributed by atoms with Gasteiger partial charge >= 0.3 is 6.01 Å². The molecule has 5 aliphatic rings. The fraction of sp³-hybridized carbons (Fsp3) is 0.576. The minimum absolute atomic E-state index is 0.0460. The molecule has 0 amide bonds. The second-order valence-electron chi connectivity index (χ2n) is 13.4. The van der Waals surface area contributed by atoms with E-state index < -0.39 is 23.6 Å². The van der Waals surface area contributed by atoms with E-state index in [9.17, 15) is 9.50 Å². The molecule has 3 saturated heterocycles. The molecule has 4 aromatic rings. The molecule has 8 heterocycles. The summed E-state index contributed by atoms with van der Waals surface area (Å²) >= 11 is 6.83. The second-order valence-corrected chi connectivity index (χ2v) is 13.8. The molecule has 9 rings (SSSR count). The number of alkyl halides is 1. The standard InChI is InChI=1S/C33H38ClF2N7O3/c34-25-11-26-23(14-38-41-26)27-22(25)5-2-1-4-21(44)10-19-15-42(8-9-45-17-19)31-24-13-37-30(27)28(36)29(24)39-32(40-31)46-18-33-6-3-7-43(33)16-20(35)12-33/h11,13-14,19-21,44H,1-10,12,15-18H2,(H,38,41)/t19-,20+,21+,33-/m0/s1. The molecule has 13 heteroatoms. The molecule has 0 aliphatic carbocycles. The van der Waals surface area contributed by atoms with Gasteiger partial charge in [-0.3, -0.25) is 15.0 Å². The first-order valence-electron chi connectivity index (χ1n) is 16.4. The molecule has 2 N–H and O–H groups in total. The van der Waals surface area contributed by atoms with Gasteiger partial charge in [-0.1, -0.05) is 18.0 Å². The topological polar surface area (TPSA) is 113 Å². The van der Waals surface area contributed by atoms with Crippen LogP contribution in [-0.4, -0.2) is 99.0 Å². The number of aliphatic hydroxyl groups is 1. The smallest absolute Gasteiger partial charge is 0.319 e. The molecule has 46 heavy (non-hydrogen) atoms. The van der Waals surface area contributed by atoms with Gasteiger partial charge in [0.25, 0.3) is 0 Å². The summed E-state index contributed by atoms with van der Waals surface area (Å²) in [7, 11) is 0. The van der Waals surface area contributed by atoms with Crippen molar-refractivity contribution >= 4 is 39.2 Å². The highest BCUT2D eigenvalue weighted by molar-refractivity contribution is 6.33. The van der Waals surface area contributed by atoms with Crippen molar-refractivity contribution in [2.45, 2.75) is 69.2 Å². The molecule has 3 fully saturated rings. The van der Waals surface area contributed by atoms with E-state index in [0.717, 1.165) is 37.8 Å². The van der Waals surface area contributed by atoms with Crippen molar-refractivity contribution in [2.75, 3.05) is 50.9 Å². The molecule has 1 aromatic carbocycles. The molecule has 0 unspecified atom stereocenters. The van der Waals surface area contributed by atoms with Crippen LogP contribution in [0.2, 0.25) is 5.02 Å². The number of pyridine rings is 1. The third-order valence-electron chi connectivity index (χ3n) is 10.4. The number of nitrogens with one attached hydrogen (secondary N) is 1. The van der Waals surface area contributed by atoms with E-state index in [4.69, 9.17) is 31.0 Å². The largest absolute Gasteiger partial charge is 0.461 e. The summed E-state index contributed by atoms with van der Waals surface area (Å²) < 4.78 is 43.8. The van der Waals surface area contributed by atoms with Crippen LogP contribution in [0.15, 0.2) is 18.5 Å². The SMILES string of the molecule is O[C@@H]1CCCCc2c(Cl)cc3[nH]ncc3c2-c2ncc3c(nc(OC[C@@]45CCCN4C[C@H](F)C5)nc3c2F)N2CCOC[C@@H](C1)C2. The van der Waals surface area contributed by atoms with Gasteiger partial charge in [0, 0.05) is 54.1 Å². The molecular weight excluding hydrogens is 616 g/mol. The maximum Gasteiger partial charge on any atom is 0.319 e. The fourth-order valence-electron chi connectivity index (χ4n) is 8.17. The highest BCUT2D eigenvalue weighted by Gasteiger charge is 2.49. The monoisotopic (exact) mass is 653 g/mol. The Balaban J connectivity index is 1.29. The first kappa shape index (κ1) is 30.2. The zero-order chi connectivity index (χ0) is 31.4. The minimum Gasteiger partial charge on any atom is -0.461 e. The maximum absolute atomic E-state index is 17.0. The summed E-state index contributed by atoms with van der Waals surface area (Å²) in [5, 5.41) is 19.9. The number of benzene rings is 1. The van der Waals surface area contributed by atoms with Crippen LogP contribution < -0.4 is 9.64 Å². The number of fused-ring (bicyclic) bond motifs is 8. The van der Waals surface area contributed by atoms with E-state index >= 15 is 4.39 Å². The van der Waals surface area contributed by atoms with E-state index in [2.05, 4.69) is 25.0 Å². The normalized spacial score (nSPS) is 27.4. The minimum atomic E-state index is -0.897. The van der Waals surface area contributed by atoms with Gasteiger partial charge in [-0.15, -0.1) is 0 Å². The number of H-pyrrole nitrogens is 1. The summed E-state index contributed by atoms with van der Waals surface area (Å²) in [6, 6.07) is 1.86. The summed E-state index contributed by atoms with van der Waals surface area (Å²) in [4.78, 5) is 18.5.